The normalized spacial score (nSPS) is 12.5. The Kier molecular flexibility index (Phi) is 71.5. The molecule has 0 nitrogen and oxygen atoms in total. The van der Waals surface area contributed by atoms with E-state index in [1.807, 2.05) is 41.5 Å². The van der Waals surface area contributed by atoms with Crippen molar-refractivity contribution in [2.75, 3.05) is 0 Å². The Hall–Kier alpha value is -2.83. The van der Waals surface area contributed by atoms with Gasteiger partial charge in [-0.1, -0.05) is 293 Å². The molecule has 0 atom stereocenters. The minimum atomic E-state index is 0. The average Bonchev–Trinajstić information content (AvgIpc) is 0.788. The number of benzene rings is 8. The zero-order valence-corrected chi connectivity index (χ0v) is 112. The van der Waals surface area contributed by atoms with Gasteiger partial charge in [0.1, 0.15) is 0 Å². The van der Waals surface area contributed by atoms with Gasteiger partial charge in [0.15, 0.2) is 0 Å². The molecule has 0 aliphatic carbocycles. The van der Waals surface area contributed by atoms with Crippen LogP contribution in [0.1, 0.15) is 468 Å². The standard InChI is InChI=1S/2C18H28S2.4C15H22S2.2C14H20S2.4Ni/c2*1-10(2)14-8-15(11(3)4)17(18(20)13(7)19)16(9-14)12(5)6;2*1-6-13(16)15(17)14-10(4)7-12(9(2)3)8-11(14)5;2*1-5-11-8-12(6-2)14(13(7-3)9-11)15(17)10(4)16;2*1-7-8(2)10(4)13(11(5)9(7)3)14(16)12(6)15;;;;/h2*8-12,19-20H,1-7H3;2*7-9,16-17H,6H2,1-5H3;2*8-9,16-17H,5-7H2,1-4H3;2*15-16H,1-6H3;;;;/p-16. The first-order valence-corrected chi connectivity index (χ1v) is 56.8. The number of hydrogen-bond acceptors (Lipinski definition) is 16. The molecule has 0 radical (unpaired) electrons. The van der Waals surface area contributed by atoms with Crippen LogP contribution in [0.25, 0.3) is 39.2 Å². The zero-order valence-electron chi connectivity index (χ0n) is 95.0. The van der Waals surface area contributed by atoms with Gasteiger partial charge in [-0.05, 0) is 383 Å². The largest absolute Gasteiger partial charge is 0.785 e. The maximum Gasteiger partial charge on any atom is 0 e. The van der Waals surface area contributed by atoms with Crippen molar-refractivity contribution >= 4 is 241 Å². The third kappa shape index (κ3) is 41.5. The van der Waals surface area contributed by atoms with Crippen LogP contribution < -0.4 is 0 Å². The van der Waals surface area contributed by atoms with Crippen molar-refractivity contribution in [2.24, 2.45) is 0 Å². The molecule has 0 N–H and O–H groups in total. The topological polar surface area (TPSA) is 0 Å². The first kappa shape index (κ1) is 147. The molecule has 8 aromatic carbocycles. The summed E-state index contributed by atoms with van der Waals surface area (Å²) >= 11 is 86.3. The molecule has 0 spiro atoms. The van der Waals surface area contributed by atoms with E-state index in [0.29, 0.717) is 47.3 Å². The van der Waals surface area contributed by atoms with Crippen LogP contribution in [0.2, 0.25) is 0 Å². The Bertz CT molecular complexity index is 5260. The zero-order chi connectivity index (χ0) is 109. The Labute approximate surface area is 1010 Å². The van der Waals surface area contributed by atoms with Gasteiger partial charge in [-0.3, -0.25) is 0 Å². The second kappa shape index (κ2) is 69.8. The fraction of sp³-hybridized carbons (Fsp3) is 0.484. The van der Waals surface area contributed by atoms with Crippen LogP contribution in [-0.4, -0.2) is 0 Å². The van der Waals surface area contributed by atoms with Gasteiger partial charge in [-0.25, -0.2) is 39.2 Å². The van der Waals surface area contributed by atoms with Crippen LogP contribution in [0, 0.1) is 96.9 Å². The molecule has 0 bridgehead atoms. The summed E-state index contributed by atoms with van der Waals surface area (Å²) in [6, 6.07) is 27.3. The predicted octanol–water partition coefficient (Wildman–Crippen LogP) is 37.2. The second-order valence-electron chi connectivity index (χ2n) is 39.7. The van der Waals surface area contributed by atoms with Crippen molar-refractivity contribution in [1.82, 2.24) is 0 Å². The molecule has 0 amide bonds. The van der Waals surface area contributed by atoms with Crippen LogP contribution in [0.4, 0.5) is 0 Å². The Morgan fingerprint density at radius 1 is 0.188 bits per heavy atom. The maximum absolute atomic E-state index is 5.63. The molecule has 8 aromatic rings. The van der Waals surface area contributed by atoms with E-state index in [0.717, 1.165) is 141 Å². The summed E-state index contributed by atoms with van der Waals surface area (Å²) in [6.45, 7) is 94.4. The summed E-state index contributed by atoms with van der Waals surface area (Å²) in [4.78, 5) is 13.5. The van der Waals surface area contributed by atoms with E-state index in [4.69, 9.17) is 202 Å². The van der Waals surface area contributed by atoms with E-state index in [1.54, 1.807) is 0 Å². The minimum Gasteiger partial charge on any atom is -0.785 e. The van der Waals surface area contributed by atoms with Crippen molar-refractivity contribution in [3.8, 4) is 0 Å². The fourth-order valence-corrected chi connectivity index (χ4v) is 20.3. The summed E-state index contributed by atoms with van der Waals surface area (Å²) in [7, 11) is 0. The fourth-order valence-electron chi connectivity index (χ4n) is 16.9. The quantitative estimate of drug-likeness (QED) is 0.0416. The Balaban J connectivity index is -0.000000776. The van der Waals surface area contributed by atoms with E-state index in [1.165, 1.54) is 189 Å². The summed E-state index contributed by atoms with van der Waals surface area (Å²) < 4.78 is 0. The third-order valence-electron chi connectivity index (χ3n) is 26.7. The van der Waals surface area contributed by atoms with Gasteiger partial charge in [-0.2, -0.15) is 39.2 Å². The van der Waals surface area contributed by atoms with Crippen molar-refractivity contribution in [1.29, 1.82) is 0 Å². The van der Waals surface area contributed by atoms with Crippen LogP contribution in [0.5, 0.6) is 0 Å². The smallest absolute Gasteiger partial charge is 0 e. The molecule has 0 aliphatic rings. The third-order valence-corrected chi connectivity index (χ3v) is 33.9. The Morgan fingerprint density at radius 2 is 0.347 bits per heavy atom. The molecular formula is C124H168Ni4S16-16. The first-order valence-electron chi connectivity index (χ1n) is 50.2. The molecule has 0 saturated carbocycles. The number of aryl methyl sites for hydroxylation is 10. The number of rotatable bonds is 24. The van der Waals surface area contributed by atoms with Crippen LogP contribution in [0.3, 0.4) is 0 Å². The molecule has 0 heterocycles. The summed E-state index contributed by atoms with van der Waals surface area (Å²) in [5.41, 5.74) is 46.7. The van der Waals surface area contributed by atoms with E-state index >= 15 is 0 Å². The Morgan fingerprint density at radius 3 is 0.493 bits per heavy atom. The van der Waals surface area contributed by atoms with Gasteiger partial charge in [0.25, 0.3) is 0 Å². The van der Waals surface area contributed by atoms with Crippen LogP contribution in [-0.2, 0) is 307 Å². The minimum absolute atomic E-state index is 0. The summed E-state index contributed by atoms with van der Waals surface area (Å²) in [6.07, 6.45) is 7.89. The molecule has 8 rings (SSSR count). The van der Waals surface area contributed by atoms with Gasteiger partial charge in [0, 0.05) is 66.0 Å². The van der Waals surface area contributed by atoms with Crippen molar-refractivity contribution in [2.45, 2.75) is 403 Å². The molecule has 816 valence electrons. The number of allylic oxidation sites excluding steroid dienone is 8. The predicted molar refractivity (Wildman–Crippen MR) is 675 cm³/mol. The molecule has 144 heavy (non-hydrogen) atoms. The molecule has 0 saturated heterocycles. The summed E-state index contributed by atoms with van der Waals surface area (Å²) in [5.74, 6) is 3.97. The number of hydrogen-bond donors (Lipinski definition) is 0. The van der Waals surface area contributed by atoms with E-state index in [-0.39, 0.29) is 66.0 Å². The van der Waals surface area contributed by atoms with Crippen molar-refractivity contribution in [3.63, 3.8) is 0 Å². The van der Waals surface area contributed by atoms with Crippen molar-refractivity contribution in [3.05, 3.63) is 312 Å². The van der Waals surface area contributed by atoms with Crippen LogP contribution in [0.15, 0.2) is 112 Å². The van der Waals surface area contributed by atoms with Gasteiger partial charge < -0.3 is 202 Å². The van der Waals surface area contributed by atoms with E-state index in [9.17, 15) is 0 Å². The van der Waals surface area contributed by atoms with Crippen molar-refractivity contribution < 1.29 is 66.0 Å². The molecule has 0 aromatic heterocycles. The summed E-state index contributed by atoms with van der Waals surface area (Å²) in [5, 5.41) is 0. The monoisotopic (exact) mass is 2400 g/mol. The SMILES string of the molecule is CC([S-])=C([S-])c1c(C(C)C)cc(C(C)C)cc1C(C)C.CC([S-])=C([S-])c1c(C(C)C)cc(C(C)C)cc1C(C)C.CC([S-])=C([S-])c1c(C)c(C)c(C)c(C)c1C.CC([S-])=C([S-])c1c(C)c(C)c(C)c(C)c1C.CCC([S-])=C([S-])c1c(C)cc(C(C)C)cc1C.CCC([S-])=C([S-])c1c(C)cc(C(C)C)cc1C.CCc1cc(CC)c(C([S-])=C(C)[S-])c(CC)c1.CCc1cc(CC)c(C([S-])=C(C)[S-])c(CC)c1.[Ni].[Ni].[Ni].[Ni]. The van der Waals surface area contributed by atoms with Gasteiger partial charge >= 0.3 is 0 Å². The van der Waals surface area contributed by atoms with Gasteiger partial charge in [0.2, 0.25) is 0 Å². The second-order valence-corrected chi connectivity index (χ2v) is 47.6. The molecule has 0 aliphatic heterocycles. The van der Waals surface area contributed by atoms with E-state index in [2.05, 4.69) is 336 Å². The first-order chi connectivity index (χ1) is 64.7. The molecule has 0 fully saturated rings. The molecular weight excluding hydrogens is 2240 g/mol. The van der Waals surface area contributed by atoms with E-state index < -0.39 is 0 Å². The van der Waals surface area contributed by atoms with Crippen LogP contribution >= 0.6 is 0 Å². The average molecular weight is 2410 g/mol. The molecule has 20 heteroatoms. The van der Waals surface area contributed by atoms with Gasteiger partial charge in [-0.15, -0.1) is 0 Å². The molecule has 0 unspecified atom stereocenters. The van der Waals surface area contributed by atoms with Gasteiger partial charge in [0.05, 0.1) is 0 Å². The maximum atomic E-state index is 5.63.